The first-order valence-electron chi connectivity index (χ1n) is 7.13. The van der Waals surface area contributed by atoms with E-state index in [2.05, 4.69) is 4.99 Å². The minimum absolute atomic E-state index is 0.223. The number of hydrogen-bond donors (Lipinski definition) is 0. The monoisotopic (exact) mass is 319 g/mol. The van der Waals surface area contributed by atoms with Gasteiger partial charge < -0.3 is 18.9 Å². The molecule has 124 valence electrons. The summed E-state index contributed by atoms with van der Waals surface area (Å²) in [7, 11) is 4.59. The first-order valence-corrected chi connectivity index (χ1v) is 7.13. The molecule has 1 heterocycles. The molecule has 0 spiro atoms. The number of aliphatic imine (C=N–C) groups is 1. The molecule has 0 N–H and O–H groups in total. The molecule has 0 amide bonds. The van der Waals surface area contributed by atoms with Crippen LogP contribution in [0.1, 0.15) is 26.3 Å². The summed E-state index contributed by atoms with van der Waals surface area (Å²) in [5.41, 5.74) is 0.531. The highest BCUT2D eigenvalue weighted by molar-refractivity contribution is 6.08. The lowest BCUT2D eigenvalue weighted by Crippen LogP contribution is -2.21. The zero-order valence-electron chi connectivity index (χ0n) is 14.2. The predicted molar refractivity (Wildman–Crippen MR) is 87.1 cm³/mol. The van der Waals surface area contributed by atoms with Crippen molar-refractivity contribution in [1.82, 2.24) is 0 Å². The molecule has 0 fully saturated rings. The highest BCUT2D eigenvalue weighted by Crippen LogP contribution is 2.41. The van der Waals surface area contributed by atoms with E-state index in [-0.39, 0.29) is 11.1 Å². The second-order valence-electron chi connectivity index (χ2n) is 6.01. The molecule has 0 unspecified atom stereocenters. The van der Waals surface area contributed by atoms with Gasteiger partial charge >= 0.3 is 5.97 Å². The summed E-state index contributed by atoms with van der Waals surface area (Å²) in [5, 5.41) is 0. The molecule has 0 aliphatic carbocycles. The van der Waals surface area contributed by atoms with Gasteiger partial charge in [-0.1, -0.05) is 20.8 Å². The number of ether oxygens (including phenoxy) is 4. The van der Waals surface area contributed by atoms with Gasteiger partial charge in [-0.25, -0.2) is 9.79 Å². The summed E-state index contributed by atoms with van der Waals surface area (Å²) in [6, 6.07) is 3.51. The molecule has 0 saturated carbocycles. The summed E-state index contributed by atoms with van der Waals surface area (Å²) >= 11 is 0. The number of hydrogen-bond acceptors (Lipinski definition) is 6. The van der Waals surface area contributed by atoms with E-state index in [1.54, 1.807) is 25.3 Å². The molecule has 0 saturated heterocycles. The molecule has 0 radical (unpaired) electrons. The van der Waals surface area contributed by atoms with E-state index >= 15 is 0 Å². The Morgan fingerprint density at radius 2 is 1.70 bits per heavy atom. The van der Waals surface area contributed by atoms with Gasteiger partial charge in [-0.2, -0.15) is 0 Å². The lowest BCUT2D eigenvalue weighted by Gasteiger charge is -2.15. The molecule has 23 heavy (non-hydrogen) atoms. The highest BCUT2D eigenvalue weighted by atomic mass is 16.6. The number of esters is 1. The van der Waals surface area contributed by atoms with Crippen molar-refractivity contribution >= 4 is 17.9 Å². The largest absolute Gasteiger partial charge is 0.493 e. The van der Waals surface area contributed by atoms with Crippen LogP contribution in [0.25, 0.3) is 6.08 Å². The van der Waals surface area contributed by atoms with Gasteiger partial charge in [0.1, 0.15) is 0 Å². The van der Waals surface area contributed by atoms with Gasteiger partial charge in [-0.05, 0) is 18.2 Å². The number of nitrogens with zero attached hydrogens (tertiary/aromatic N) is 1. The molecule has 1 aliphatic rings. The van der Waals surface area contributed by atoms with Crippen molar-refractivity contribution in [1.29, 1.82) is 0 Å². The van der Waals surface area contributed by atoms with Crippen molar-refractivity contribution in [2.24, 2.45) is 10.4 Å². The van der Waals surface area contributed by atoms with Crippen molar-refractivity contribution in [2.75, 3.05) is 21.3 Å². The number of carbonyl (C=O) groups is 1. The fraction of sp³-hybridized carbons (Fsp3) is 0.412. The average Bonchev–Trinajstić information content (AvgIpc) is 2.87. The van der Waals surface area contributed by atoms with E-state index in [0.29, 0.717) is 28.7 Å². The van der Waals surface area contributed by atoms with Gasteiger partial charge in [0, 0.05) is 11.0 Å². The Labute approximate surface area is 135 Å². The Morgan fingerprint density at radius 3 is 2.17 bits per heavy atom. The maximum atomic E-state index is 12.0. The topological polar surface area (TPSA) is 66.4 Å². The second kappa shape index (κ2) is 6.32. The lowest BCUT2D eigenvalue weighted by molar-refractivity contribution is -0.130. The van der Waals surface area contributed by atoms with Gasteiger partial charge in [-0.15, -0.1) is 0 Å². The molecule has 0 bridgehead atoms. The first-order chi connectivity index (χ1) is 10.8. The van der Waals surface area contributed by atoms with E-state index in [9.17, 15) is 4.79 Å². The van der Waals surface area contributed by atoms with Crippen LogP contribution in [0, 0.1) is 5.41 Å². The van der Waals surface area contributed by atoms with Gasteiger partial charge in [-0.3, -0.25) is 0 Å². The molecule has 6 heteroatoms. The normalized spacial score (nSPS) is 16.2. The van der Waals surface area contributed by atoms with Crippen LogP contribution in [0.5, 0.6) is 17.2 Å². The Morgan fingerprint density at radius 1 is 1.04 bits per heavy atom. The van der Waals surface area contributed by atoms with E-state index in [1.165, 1.54) is 14.2 Å². The van der Waals surface area contributed by atoms with Crippen LogP contribution in [-0.4, -0.2) is 33.2 Å². The quantitative estimate of drug-likeness (QED) is 0.630. The van der Waals surface area contributed by atoms with Crippen LogP contribution >= 0.6 is 0 Å². The van der Waals surface area contributed by atoms with Gasteiger partial charge in [0.15, 0.2) is 17.2 Å². The van der Waals surface area contributed by atoms with Crippen LogP contribution < -0.4 is 14.2 Å². The minimum atomic E-state index is -0.480. The zero-order chi connectivity index (χ0) is 17.2. The van der Waals surface area contributed by atoms with Gasteiger partial charge in [0.05, 0.1) is 21.3 Å². The van der Waals surface area contributed by atoms with Crippen LogP contribution in [0.15, 0.2) is 22.8 Å². The van der Waals surface area contributed by atoms with E-state index in [4.69, 9.17) is 18.9 Å². The highest BCUT2D eigenvalue weighted by Gasteiger charge is 2.31. The molecule has 0 aromatic heterocycles. The van der Waals surface area contributed by atoms with E-state index in [1.807, 2.05) is 20.8 Å². The smallest absolute Gasteiger partial charge is 0.363 e. The number of carbonyl (C=O) groups excluding carboxylic acids is 1. The maximum Gasteiger partial charge on any atom is 0.363 e. The van der Waals surface area contributed by atoms with Crippen molar-refractivity contribution in [3.05, 3.63) is 23.4 Å². The number of cyclic esters (lactones) is 1. The summed E-state index contributed by atoms with van der Waals surface area (Å²) in [6.45, 7) is 5.79. The second-order valence-corrected chi connectivity index (χ2v) is 6.01. The zero-order valence-corrected chi connectivity index (χ0v) is 14.2. The third-order valence-electron chi connectivity index (χ3n) is 3.29. The van der Waals surface area contributed by atoms with E-state index in [0.717, 1.165) is 0 Å². The lowest BCUT2D eigenvalue weighted by atomic mass is 9.97. The van der Waals surface area contributed by atoms with Crippen LogP contribution in [0.2, 0.25) is 0 Å². The number of methoxy groups -OCH3 is 3. The molecule has 1 aromatic carbocycles. The molecular formula is C17H21NO5. The van der Waals surface area contributed by atoms with Crippen LogP contribution in [0.3, 0.4) is 0 Å². The summed E-state index contributed by atoms with van der Waals surface area (Å²) in [4.78, 5) is 16.3. The Kier molecular flexibility index (Phi) is 4.63. The van der Waals surface area contributed by atoms with Gasteiger partial charge in [0.25, 0.3) is 0 Å². The minimum Gasteiger partial charge on any atom is -0.493 e. The van der Waals surface area contributed by atoms with Crippen molar-refractivity contribution in [3.8, 4) is 17.2 Å². The molecule has 2 rings (SSSR count). The SMILES string of the molecule is COc1ccc(/C=C2\N=C(C(C)(C)C)OC2=O)c(OC)c1OC. The van der Waals surface area contributed by atoms with Crippen molar-refractivity contribution in [2.45, 2.75) is 20.8 Å². The summed E-state index contributed by atoms with van der Waals surface area (Å²) in [5.74, 6) is 1.38. The Balaban J connectivity index is 2.51. The van der Waals surface area contributed by atoms with E-state index < -0.39 is 5.97 Å². The Hall–Kier alpha value is -2.50. The summed E-state index contributed by atoms with van der Waals surface area (Å²) in [6.07, 6.45) is 1.61. The van der Waals surface area contributed by atoms with Crippen LogP contribution in [-0.2, 0) is 9.53 Å². The Bertz CT molecular complexity index is 683. The third kappa shape index (κ3) is 3.31. The van der Waals surface area contributed by atoms with Crippen molar-refractivity contribution < 1.29 is 23.7 Å². The van der Waals surface area contributed by atoms with Crippen molar-refractivity contribution in [3.63, 3.8) is 0 Å². The van der Waals surface area contributed by atoms with Gasteiger partial charge in [0.2, 0.25) is 11.6 Å². The molecular weight excluding hydrogens is 298 g/mol. The molecule has 6 nitrogen and oxygen atoms in total. The molecule has 1 aliphatic heterocycles. The fourth-order valence-corrected chi connectivity index (χ4v) is 2.12. The number of benzene rings is 1. The van der Waals surface area contributed by atoms with Crippen LogP contribution in [0.4, 0.5) is 0 Å². The maximum absolute atomic E-state index is 12.0. The molecule has 0 atom stereocenters. The standard InChI is InChI=1S/C17H21NO5/c1-17(2,3)16-18-11(15(19)23-16)9-10-7-8-12(20-4)14(22-6)13(10)21-5/h7-9H,1-6H3/b11-9-. The third-order valence-corrected chi connectivity index (χ3v) is 3.29. The predicted octanol–water partition coefficient (Wildman–Crippen LogP) is 3.05. The molecule has 1 aromatic rings. The average molecular weight is 319 g/mol. The first kappa shape index (κ1) is 16.9. The fourth-order valence-electron chi connectivity index (χ4n) is 2.12. The summed E-state index contributed by atoms with van der Waals surface area (Å²) < 4.78 is 21.2. The number of rotatable bonds is 4.